The molecule has 1 saturated carbocycles. The van der Waals surface area contributed by atoms with Gasteiger partial charge in [-0.1, -0.05) is 0 Å². The van der Waals surface area contributed by atoms with E-state index in [1.54, 1.807) is 0 Å². The van der Waals surface area contributed by atoms with Gasteiger partial charge in [0, 0.05) is 6.20 Å². The summed E-state index contributed by atoms with van der Waals surface area (Å²) in [5.74, 6) is 0.469. The fourth-order valence-corrected chi connectivity index (χ4v) is 1.82. The molecule has 4 heteroatoms. The van der Waals surface area contributed by atoms with Crippen LogP contribution in [0, 0.1) is 12.8 Å². The van der Waals surface area contributed by atoms with Gasteiger partial charge in [-0.3, -0.25) is 4.68 Å². The second-order valence-corrected chi connectivity index (χ2v) is 4.32. The van der Waals surface area contributed by atoms with Gasteiger partial charge >= 0.3 is 0 Å². The van der Waals surface area contributed by atoms with Crippen molar-refractivity contribution >= 4 is 0 Å². The summed E-state index contributed by atoms with van der Waals surface area (Å²) in [4.78, 5) is 0. The number of rotatable bonds is 4. The third-order valence-electron chi connectivity index (χ3n) is 2.92. The van der Waals surface area contributed by atoms with E-state index in [0.717, 1.165) is 18.5 Å². The molecular formula is C10H17N3O. The van der Waals surface area contributed by atoms with E-state index in [9.17, 15) is 5.11 Å². The van der Waals surface area contributed by atoms with Crippen LogP contribution in [0.15, 0.2) is 12.3 Å². The van der Waals surface area contributed by atoms with Crippen LogP contribution in [-0.2, 0) is 6.54 Å². The van der Waals surface area contributed by atoms with Crippen molar-refractivity contribution in [1.82, 2.24) is 9.78 Å². The Kier molecular flexibility index (Phi) is 2.33. The van der Waals surface area contributed by atoms with Gasteiger partial charge in [0.1, 0.15) is 0 Å². The van der Waals surface area contributed by atoms with Gasteiger partial charge in [0.05, 0.1) is 24.4 Å². The molecule has 1 aromatic rings. The molecule has 0 saturated heterocycles. The molecule has 78 valence electrons. The van der Waals surface area contributed by atoms with Crippen LogP contribution in [0.3, 0.4) is 0 Å². The maximum atomic E-state index is 9.30. The Morgan fingerprint density at radius 2 is 2.43 bits per heavy atom. The first-order valence-electron chi connectivity index (χ1n) is 5.04. The number of aliphatic hydroxyl groups is 1. The molecule has 1 fully saturated rings. The van der Waals surface area contributed by atoms with Crippen molar-refractivity contribution in [2.24, 2.45) is 11.7 Å². The Morgan fingerprint density at radius 3 is 2.86 bits per heavy atom. The van der Waals surface area contributed by atoms with Crippen LogP contribution in [0.5, 0.6) is 0 Å². The van der Waals surface area contributed by atoms with Crippen molar-refractivity contribution in [2.45, 2.75) is 31.8 Å². The van der Waals surface area contributed by atoms with Gasteiger partial charge in [0.2, 0.25) is 0 Å². The number of aryl methyl sites for hydroxylation is 1. The summed E-state index contributed by atoms with van der Waals surface area (Å²) in [5.41, 5.74) is 6.65. The number of hydrogen-bond donors (Lipinski definition) is 2. The van der Waals surface area contributed by atoms with Crippen molar-refractivity contribution in [3.05, 3.63) is 18.0 Å². The summed E-state index contributed by atoms with van der Waals surface area (Å²) in [7, 11) is 0. The second kappa shape index (κ2) is 3.37. The van der Waals surface area contributed by atoms with Crippen LogP contribution in [-0.4, -0.2) is 27.0 Å². The van der Waals surface area contributed by atoms with Crippen LogP contribution in [0.25, 0.3) is 0 Å². The molecule has 0 radical (unpaired) electrons. The number of nitrogens with zero attached hydrogens (tertiary/aromatic N) is 2. The third-order valence-corrected chi connectivity index (χ3v) is 2.92. The van der Waals surface area contributed by atoms with E-state index in [1.165, 1.54) is 0 Å². The molecule has 2 rings (SSSR count). The van der Waals surface area contributed by atoms with Gasteiger partial charge in [-0.25, -0.2) is 0 Å². The Morgan fingerprint density at radius 1 is 1.71 bits per heavy atom. The Balaban J connectivity index is 2.07. The predicted molar refractivity (Wildman–Crippen MR) is 53.7 cm³/mol. The van der Waals surface area contributed by atoms with Crippen LogP contribution >= 0.6 is 0 Å². The molecule has 1 atom stereocenters. The molecule has 0 aliphatic heterocycles. The molecule has 0 spiro atoms. The van der Waals surface area contributed by atoms with Gasteiger partial charge in [0.25, 0.3) is 0 Å². The smallest absolute Gasteiger partial charge is 0.0632 e. The normalized spacial score (nSPS) is 20.8. The van der Waals surface area contributed by atoms with Gasteiger partial charge in [-0.2, -0.15) is 5.10 Å². The topological polar surface area (TPSA) is 64.1 Å². The predicted octanol–water partition coefficient (Wildman–Crippen LogP) is 0.291. The summed E-state index contributed by atoms with van der Waals surface area (Å²) < 4.78 is 1.82. The molecule has 1 unspecified atom stereocenters. The van der Waals surface area contributed by atoms with Gasteiger partial charge < -0.3 is 10.8 Å². The maximum Gasteiger partial charge on any atom is 0.0632 e. The van der Waals surface area contributed by atoms with Crippen molar-refractivity contribution in [2.75, 3.05) is 6.61 Å². The number of aliphatic hydroxyl groups excluding tert-OH is 1. The van der Waals surface area contributed by atoms with Crippen molar-refractivity contribution < 1.29 is 5.11 Å². The minimum absolute atomic E-state index is 0.0383. The number of hydrogen-bond acceptors (Lipinski definition) is 3. The van der Waals surface area contributed by atoms with E-state index in [4.69, 9.17) is 5.73 Å². The van der Waals surface area contributed by atoms with E-state index < -0.39 is 5.54 Å². The zero-order valence-electron chi connectivity index (χ0n) is 8.48. The molecule has 14 heavy (non-hydrogen) atoms. The lowest BCUT2D eigenvalue weighted by Gasteiger charge is -2.26. The highest BCUT2D eigenvalue weighted by Crippen LogP contribution is 2.38. The zero-order valence-corrected chi connectivity index (χ0v) is 8.48. The van der Waals surface area contributed by atoms with Crippen LogP contribution < -0.4 is 5.73 Å². The first-order valence-corrected chi connectivity index (χ1v) is 5.04. The first kappa shape index (κ1) is 9.68. The Bertz CT molecular complexity index is 319. The summed E-state index contributed by atoms with van der Waals surface area (Å²) in [6.45, 7) is 2.60. The molecule has 0 aromatic carbocycles. The van der Waals surface area contributed by atoms with Gasteiger partial charge in [-0.15, -0.1) is 0 Å². The van der Waals surface area contributed by atoms with Crippen molar-refractivity contribution in [3.8, 4) is 0 Å². The lowest BCUT2D eigenvalue weighted by molar-refractivity contribution is 0.155. The Hall–Kier alpha value is -0.870. The highest BCUT2D eigenvalue weighted by atomic mass is 16.3. The molecule has 4 nitrogen and oxygen atoms in total. The molecule has 1 heterocycles. The molecule has 0 amide bonds. The molecule has 0 bridgehead atoms. The van der Waals surface area contributed by atoms with E-state index >= 15 is 0 Å². The molecule has 1 aliphatic rings. The molecule has 3 N–H and O–H groups in total. The molecular weight excluding hydrogens is 178 g/mol. The Labute approximate surface area is 83.7 Å². The SMILES string of the molecule is Cc1ccn(CC(N)(CO)C2CC2)n1. The lowest BCUT2D eigenvalue weighted by Crippen LogP contribution is -2.49. The average Bonchev–Trinajstić information content (AvgIpc) is 2.93. The maximum absolute atomic E-state index is 9.30. The van der Waals surface area contributed by atoms with E-state index in [1.807, 2.05) is 23.9 Å². The second-order valence-electron chi connectivity index (χ2n) is 4.32. The summed E-state index contributed by atoms with van der Waals surface area (Å²) in [5, 5.41) is 13.6. The van der Waals surface area contributed by atoms with E-state index in [2.05, 4.69) is 5.10 Å². The minimum Gasteiger partial charge on any atom is -0.394 e. The van der Waals surface area contributed by atoms with Gasteiger partial charge in [0.15, 0.2) is 0 Å². The van der Waals surface area contributed by atoms with Crippen LogP contribution in [0.1, 0.15) is 18.5 Å². The number of aromatic nitrogens is 2. The molecule has 1 aromatic heterocycles. The average molecular weight is 195 g/mol. The highest BCUT2D eigenvalue weighted by Gasteiger charge is 2.42. The monoisotopic (exact) mass is 195 g/mol. The van der Waals surface area contributed by atoms with Crippen LogP contribution in [0.2, 0.25) is 0 Å². The lowest BCUT2D eigenvalue weighted by atomic mass is 9.96. The summed E-state index contributed by atoms with van der Waals surface area (Å²) in [6.07, 6.45) is 4.18. The fourth-order valence-electron chi connectivity index (χ4n) is 1.82. The largest absolute Gasteiger partial charge is 0.394 e. The standard InChI is InChI=1S/C10H17N3O/c1-8-4-5-13(12-8)6-10(11,7-14)9-2-3-9/h4-5,9,14H,2-3,6-7,11H2,1H3. The molecule has 1 aliphatic carbocycles. The third kappa shape index (κ3) is 1.81. The summed E-state index contributed by atoms with van der Waals surface area (Å²) in [6, 6.07) is 1.95. The van der Waals surface area contributed by atoms with E-state index in [-0.39, 0.29) is 6.61 Å². The minimum atomic E-state index is -0.474. The van der Waals surface area contributed by atoms with Crippen LogP contribution in [0.4, 0.5) is 0 Å². The van der Waals surface area contributed by atoms with E-state index in [0.29, 0.717) is 12.5 Å². The summed E-state index contributed by atoms with van der Waals surface area (Å²) >= 11 is 0. The fraction of sp³-hybridized carbons (Fsp3) is 0.700. The van der Waals surface area contributed by atoms with Crippen molar-refractivity contribution in [3.63, 3.8) is 0 Å². The zero-order chi connectivity index (χ0) is 10.2. The highest BCUT2D eigenvalue weighted by molar-refractivity contribution is 5.01. The van der Waals surface area contributed by atoms with Gasteiger partial charge in [-0.05, 0) is 31.7 Å². The first-order chi connectivity index (χ1) is 6.64. The quantitative estimate of drug-likeness (QED) is 0.726. The van der Waals surface area contributed by atoms with Crippen molar-refractivity contribution in [1.29, 1.82) is 0 Å². The number of nitrogens with two attached hydrogens (primary N) is 1.